The Hall–Kier alpha value is -0.780. The van der Waals surface area contributed by atoms with Gasteiger partial charge in [-0.2, -0.15) is 0 Å². The summed E-state index contributed by atoms with van der Waals surface area (Å²) in [7, 11) is 0. The van der Waals surface area contributed by atoms with Crippen LogP contribution in [0.3, 0.4) is 0 Å². The zero-order chi connectivity index (χ0) is 8.55. The number of fused-ring (bicyclic) bond motifs is 1. The van der Waals surface area contributed by atoms with Crippen LogP contribution in [-0.2, 0) is 0 Å². The van der Waals surface area contributed by atoms with E-state index in [-0.39, 0.29) is 0 Å². The van der Waals surface area contributed by atoms with Crippen molar-refractivity contribution >= 4 is 33.8 Å². The molecular weight excluding hydrogens is 265 g/mol. The molecule has 2 rings (SSSR count). The lowest BCUT2D eigenvalue weighted by Gasteiger charge is -1.99. The summed E-state index contributed by atoms with van der Waals surface area (Å²) >= 11 is 2.26. The summed E-state index contributed by atoms with van der Waals surface area (Å²) in [6.45, 7) is 2.02. The van der Waals surface area contributed by atoms with E-state index in [1.807, 2.05) is 13.1 Å². The maximum Gasteiger partial charge on any atom is 0.179 e. The number of hydrogen-bond acceptors (Lipinski definition) is 3. The van der Waals surface area contributed by atoms with Crippen molar-refractivity contribution in [1.29, 1.82) is 0 Å². The molecule has 60 valence electrons. The lowest BCUT2D eigenvalue weighted by molar-refractivity contribution is 1.19. The molecular formula is C8H6IN3. The highest BCUT2D eigenvalue weighted by Gasteiger charge is 2.03. The standard InChI is InChI=1S/C8H6IN3/c1-5-4-12-8-7(6(5)9)10-2-3-11-8/h2-4H,1H3. The Bertz CT molecular complexity index is 428. The summed E-state index contributed by atoms with van der Waals surface area (Å²) < 4.78 is 1.13. The summed E-state index contributed by atoms with van der Waals surface area (Å²) in [5.41, 5.74) is 2.74. The van der Waals surface area contributed by atoms with E-state index in [2.05, 4.69) is 37.5 Å². The van der Waals surface area contributed by atoms with Crippen LogP contribution in [0, 0.1) is 10.5 Å². The Morgan fingerprint density at radius 2 is 1.92 bits per heavy atom. The Kier molecular flexibility index (Phi) is 1.92. The molecule has 0 aliphatic rings. The molecule has 0 radical (unpaired) electrons. The quantitative estimate of drug-likeness (QED) is 0.687. The zero-order valence-corrected chi connectivity index (χ0v) is 8.61. The molecule has 2 aromatic heterocycles. The second-order valence-electron chi connectivity index (χ2n) is 2.48. The fraction of sp³-hybridized carbons (Fsp3) is 0.125. The maximum atomic E-state index is 4.21. The maximum absolute atomic E-state index is 4.21. The molecule has 0 aliphatic heterocycles. The number of pyridine rings is 1. The Labute approximate surface area is 83.4 Å². The van der Waals surface area contributed by atoms with E-state index in [1.165, 1.54) is 0 Å². The largest absolute Gasteiger partial charge is 0.250 e. The molecule has 0 aromatic carbocycles. The molecule has 2 aromatic rings. The number of aromatic nitrogens is 3. The fourth-order valence-electron chi connectivity index (χ4n) is 0.981. The predicted molar refractivity (Wildman–Crippen MR) is 54.8 cm³/mol. The molecule has 0 saturated carbocycles. The van der Waals surface area contributed by atoms with Gasteiger partial charge in [0.05, 0.1) is 0 Å². The van der Waals surface area contributed by atoms with Crippen molar-refractivity contribution in [3.05, 3.63) is 27.7 Å². The highest BCUT2D eigenvalue weighted by Crippen LogP contribution is 2.17. The van der Waals surface area contributed by atoms with Crippen LogP contribution in [0.25, 0.3) is 11.2 Å². The first-order valence-electron chi connectivity index (χ1n) is 3.51. The number of hydrogen-bond donors (Lipinski definition) is 0. The summed E-state index contributed by atoms with van der Waals surface area (Å²) in [4.78, 5) is 12.5. The van der Waals surface area contributed by atoms with Crippen LogP contribution in [0.1, 0.15) is 5.56 Å². The average Bonchev–Trinajstić information content (AvgIpc) is 2.12. The number of rotatable bonds is 0. The van der Waals surface area contributed by atoms with Gasteiger partial charge in [0, 0.05) is 22.2 Å². The van der Waals surface area contributed by atoms with E-state index < -0.39 is 0 Å². The lowest BCUT2D eigenvalue weighted by atomic mass is 10.3. The average molecular weight is 271 g/mol. The number of halogens is 1. The van der Waals surface area contributed by atoms with E-state index in [1.54, 1.807) is 12.4 Å². The monoisotopic (exact) mass is 271 g/mol. The first-order chi connectivity index (χ1) is 5.79. The first-order valence-corrected chi connectivity index (χ1v) is 4.59. The zero-order valence-electron chi connectivity index (χ0n) is 6.45. The second-order valence-corrected chi connectivity index (χ2v) is 3.56. The molecule has 2 heterocycles. The van der Waals surface area contributed by atoms with Gasteiger partial charge in [0.25, 0.3) is 0 Å². The van der Waals surface area contributed by atoms with E-state index >= 15 is 0 Å². The van der Waals surface area contributed by atoms with Crippen LogP contribution in [0.15, 0.2) is 18.6 Å². The highest BCUT2D eigenvalue weighted by molar-refractivity contribution is 14.1. The van der Waals surface area contributed by atoms with Crippen molar-refractivity contribution in [3.8, 4) is 0 Å². The van der Waals surface area contributed by atoms with E-state index in [0.29, 0.717) is 5.65 Å². The van der Waals surface area contributed by atoms with Gasteiger partial charge in [-0.3, -0.25) is 4.98 Å². The van der Waals surface area contributed by atoms with Gasteiger partial charge >= 0.3 is 0 Å². The molecule has 0 unspecified atom stereocenters. The lowest BCUT2D eigenvalue weighted by Crippen LogP contribution is -1.91. The number of aryl methyl sites for hydroxylation is 1. The van der Waals surface area contributed by atoms with E-state index in [4.69, 9.17) is 0 Å². The van der Waals surface area contributed by atoms with Crippen molar-refractivity contribution in [1.82, 2.24) is 15.0 Å². The molecule has 0 saturated heterocycles. The first kappa shape index (κ1) is 7.85. The van der Waals surface area contributed by atoms with Crippen molar-refractivity contribution in [2.75, 3.05) is 0 Å². The third kappa shape index (κ3) is 1.16. The third-order valence-electron chi connectivity index (χ3n) is 1.61. The topological polar surface area (TPSA) is 38.7 Å². The summed E-state index contributed by atoms with van der Waals surface area (Å²) in [6, 6.07) is 0. The SMILES string of the molecule is Cc1cnc2nccnc2c1I. The molecule has 0 amide bonds. The normalized spacial score (nSPS) is 10.5. The summed E-state index contributed by atoms with van der Waals surface area (Å²) in [5.74, 6) is 0. The van der Waals surface area contributed by atoms with Gasteiger partial charge in [-0.1, -0.05) is 0 Å². The van der Waals surface area contributed by atoms with Crippen molar-refractivity contribution in [2.24, 2.45) is 0 Å². The molecule has 3 nitrogen and oxygen atoms in total. The fourth-order valence-corrected chi connectivity index (χ4v) is 1.50. The van der Waals surface area contributed by atoms with Crippen LogP contribution in [0.5, 0.6) is 0 Å². The van der Waals surface area contributed by atoms with E-state index in [0.717, 1.165) is 14.7 Å². The minimum atomic E-state index is 0.715. The van der Waals surface area contributed by atoms with Crippen molar-refractivity contribution in [3.63, 3.8) is 0 Å². The summed E-state index contributed by atoms with van der Waals surface area (Å²) in [5, 5.41) is 0. The van der Waals surface area contributed by atoms with Crippen molar-refractivity contribution < 1.29 is 0 Å². The van der Waals surface area contributed by atoms with Gasteiger partial charge in [-0.15, -0.1) is 0 Å². The van der Waals surface area contributed by atoms with Gasteiger partial charge in [-0.25, -0.2) is 9.97 Å². The Balaban J connectivity index is 2.91. The van der Waals surface area contributed by atoms with Gasteiger partial charge in [0.15, 0.2) is 5.65 Å². The minimum absolute atomic E-state index is 0.715. The molecule has 0 N–H and O–H groups in total. The van der Waals surface area contributed by atoms with Crippen molar-refractivity contribution in [2.45, 2.75) is 6.92 Å². The molecule has 4 heteroatoms. The molecule has 0 fully saturated rings. The van der Waals surface area contributed by atoms with Crippen LogP contribution in [-0.4, -0.2) is 15.0 Å². The smallest absolute Gasteiger partial charge is 0.179 e. The van der Waals surface area contributed by atoms with Crippen LogP contribution >= 0.6 is 22.6 Å². The van der Waals surface area contributed by atoms with Gasteiger partial charge in [-0.05, 0) is 35.1 Å². The van der Waals surface area contributed by atoms with Gasteiger partial charge in [0.1, 0.15) is 5.52 Å². The van der Waals surface area contributed by atoms with Crippen LogP contribution < -0.4 is 0 Å². The number of nitrogens with zero attached hydrogens (tertiary/aromatic N) is 3. The molecule has 0 atom stereocenters. The molecule has 0 bridgehead atoms. The predicted octanol–water partition coefficient (Wildman–Crippen LogP) is 1.94. The van der Waals surface area contributed by atoms with Crippen LogP contribution in [0.4, 0.5) is 0 Å². The third-order valence-corrected chi connectivity index (χ3v) is 2.98. The molecule has 0 aliphatic carbocycles. The second kappa shape index (κ2) is 2.93. The Morgan fingerprint density at radius 1 is 1.17 bits per heavy atom. The van der Waals surface area contributed by atoms with Gasteiger partial charge < -0.3 is 0 Å². The van der Waals surface area contributed by atoms with E-state index in [9.17, 15) is 0 Å². The van der Waals surface area contributed by atoms with Gasteiger partial charge in [0.2, 0.25) is 0 Å². The highest BCUT2D eigenvalue weighted by atomic mass is 127. The molecule has 12 heavy (non-hydrogen) atoms. The molecule has 0 spiro atoms. The van der Waals surface area contributed by atoms with Crippen LogP contribution in [0.2, 0.25) is 0 Å². The minimum Gasteiger partial charge on any atom is -0.250 e. The summed E-state index contributed by atoms with van der Waals surface area (Å²) in [6.07, 6.45) is 5.16. The Morgan fingerprint density at radius 3 is 2.75 bits per heavy atom.